The topological polar surface area (TPSA) is 113 Å². The molecule has 0 atom stereocenters. The van der Waals surface area contributed by atoms with Gasteiger partial charge in [-0.15, -0.1) is 0 Å². The molecule has 0 aliphatic rings. The zero-order valence-electron chi connectivity index (χ0n) is 16.5. The van der Waals surface area contributed by atoms with Crippen LogP contribution in [0.3, 0.4) is 0 Å². The summed E-state index contributed by atoms with van der Waals surface area (Å²) in [6.07, 6.45) is 0. The van der Waals surface area contributed by atoms with Crippen molar-refractivity contribution in [2.24, 2.45) is 0 Å². The largest absolute Gasteiger partial charge is 0.382 e. The van der Waals surface area contributed by atoms with Crippen molar-refractivity contribution in [2.45, 2.75) is 0 Å². The summed E-state index contributed by atoms with van der Waals surface area (Å²) >= 11 is 3.34. The normalized spacial score (nSPS) is 10.7. The number of fused-ring (bicyclic) bond motifs is 1. The van der Waals surface area contributed by atoms with Gasteiger partial charge in [-0.1, -0.05) is 34.1 Å². The molecule has 2 amide bonds. The smallest absolute Gasteiger partial charge is 0.251 e. The maximum absolute atomic E-state index is 12.4. The first-order chi connectivity index (χ1) is 15.0. The van der Waals surface area contributed by atoms with Crippen LogP contribution in [0.15, 0.2) is 71.2 Å². The van der Waals surface area contributed by atoms with Crippen molar-refractivity contribution in [1.29, 1.82) is 0 Å². The molecule has 0 bridgehead atoms. The molecule has 3 aromatic carbocycles. The Labute approximate surface area is 187 Å². The number of carbonyl (C=O) groups is 2. The molecule has 0 radical (unpaired) electrons. The van der Waals surface area contributed by atoms with Gasteiger partial charge in [0, 0.05) is 34.1 Å². The van der Waals surface area contributed by atoms with E-state index in [1.165, 1.54) is 0 Å². The van der Waals surface area contributed by atoms with Gasteiger partial charge < -0.3 is 16.4 Å². The van der Waals surface area contributed by atoms with E-state index in [2.05, 4.69) is 36.8 Å². The average Bonchev–Trinajstić information content (AvgIpc) is 3.17. The van der Waals surface area contributed by atoms with Crippen molar-refractivity contribution in [3.8, 4) is 11.1 Å². The zero-order chi connectivity index (χ0) is 21.8. The van der Waals surface area contributed by atoms with Crippen molar-refractivity contribution < 1.29 is 9.59 Å². The van der Waals surface area contributed by atoms with E-state index in [1.54, 1.807) is 24.3 Å². The Morgan fingerprint density at radius 2 is 1.39 bits per heavy atom. The van der Waals surface area contributed by atoms with Gasteiger partial charge in [-0.2, -0.15) is 5.10 Å². The van der Waals surface area contributed by atoms with Gasteiger partial charge in [-0.3, -0.25) is 14.7 Å². The summed E-state index contributed by atoms with van der Waals surface area (Å²) in [7, 11) is 0. The van der Waals surface area contributed by atoms with E-state index >= 15 is 0 Å². The average molecular weight is 478 g/mol. The number of halogens is 1. The van der Waals surface area contributed by atoms with Crippen LogP contribution in [0.2, 0.25) is 0 Å². The summed E-state index contributed by atoms with van der Waals surface area (Å²) in [5.41, 5.74) is 9.77. The third-order valence-electron chi connectivity index (χ3n) is 4.88. The molecule has 1 heterocycles. The summed E-state index contributed by atoms with van der Waals surface area (Å²) in [6.45, 7) is 0.673. The molecule has 4 aromatic rings. The van der Waals surface area contributed by atoms with Crippen molar-refractivity contribution >= 4 is 44.5 Å². The molecular weight excluding hydrogens is 458 g/mol. The number of nitrogens with zero attached hydrogens (tertiary/aromatic N) is 1. The highest BCUT2D eigenvalue weighted by Gasteiger charge is 2.09. The van der Waals surface area contributed by atoms with E-state index in [0.717, 1.165) is 26.5 Å². The highest BCUT2D eigenvalue weighted by molar-refractivity contribution is 9.10. The highest BCUT2D eigenvalue weighted by Crippen LogP contribution is 2.26. The van der Waals surface area contributed by atoms with Gasteiger partial charge in [-0.05, 0) is 59.7 Å². The number of nitrogens with one attached hydrogen (secondary N) is 3. The highest BCUT2D eigenvalue weighted by atomic mass is 79.9. The van der Waals surface area contributed by atoms with Crippen molar-refractivity contribution in [3.05, 3.63) is 82.3 Å². The number of nitrogen functional groups attached to an aromatic ring is 1. The lowest BCUT2D eigenvalue weighted by Gasteiger charge is -2.08. The van der Waals surface area contributed by atoms with Crippen molar-refractivity contribution in [1.82, 2.24) is 20.8 Å². The first-order valence-electron chi connectivity index (χ1n) is 9.67. The molecule has 4 rings (SSSR count). The maximum Gasteiger partial charge on any atom is 0.251 e. The third-order valence-corrected chi connectivity index (χ3v) is 5.40. The van der Waals surface area contributed by atoms with Gasteiger partial charge in [-0.25, -0.2) is 0 Å². The lowest BCUT2D eigenvalue weighted by atomic mass is 10.0. The number of H-pyrrole nitrogens is 1. The molecule has 0 unspecified atom stereocenters. The van der Waals surface area contributed by atoms with Crippen molar-refractivity contribution in [3.63, 3.8) is 0 Å². The summed E-state index contributed by atoms with van der Waals surface area (Å²) in [4.78, 5) is 24.4. The van der Waals surface area contributed by atoms with Crippen LogP contribution in [-0.4, -0.2) is 35.1 Å². The Morgan fingerprint density at radius 3 is 2.00 bits per heavy atom. The molecular formula is C23H20BrN5O2. The minimum atomic E-state index is -0.193. The van der Waals surface area contributed by atoms with Crippen molar-refractivity contribution in [2.75, 3.05) is 18.8 Å². The van der Waals surface area contributed by atoms with Gasteiger partial charge in [0.1, 0.15) is 0 Å². The monoisotopic (exact) mass is 477 g/mol. The fraction of sp³-hybridized carbons (Fsp3) is 0.0870. The molecule has 1 aromatic heterocycles. The summed E-state index contributed by atoms with van der Waals surface area (Å²) in [6, 6.07) is 20.3. The lowest BCUT2D eigenvalue weighted by Crippen LogP contribution is -2.34. The van der Waals surface area contributed by atoms with Crippen LogP contribution >= 0.6 is 15.9 Å². The van der Waals surface area contributed by atoms with E-state index in [9.17, 15) is 9.59 Å². The van der Waals surface area contributed by atoms with Gasteiger partial charge in [0.15, 0.2) is 5.82 Å². The predicted molar refractivity (Wildman–Crippen MR) is 125 cm³/mol. The van der Waals surface area contributed by atoms with Crippen LogP contribution in [0.1, 0.15) is 20.7 Å². The Hall–Kier alpha value is -3.65. The maximum atomic E-state index is 12.4. The van der Waals surface area contributed by atoms with E-state index in [4.69, 9.17) is 5.73 Å². The fourth-order valence-electron chi connectivity index (χ4n) is 3.19. The van der Waals surface area contributed by atoms with E-state index in [1.807, 2.05) is 42.5 Å². The molecule has 0 aliphatic heterocycles. The first kappa shape index (κ1) is 20.6. The van der Waals surface area contributed by atoms with Gasteiger partial charge in [0.25, 0.3) is 11.8 Å². The van der Waals surface area contributed by atoms with Gasteiger partial charge in [0.2, 0.25) is 0 Å². The second kappa shape index (κ2) is 9.01. The molecule has 7 nitrogen and oxygen atoms in total. The number of carbonyl (C=O) groups excluding carboxylic acids is 2. The van der Waals surface area contributed by atoms with Crippen LogP contribution in [0, 0.1) is 0 Å². The molecule has 0 aliphatic carbocycles. The Bertz CT molecular complexity index is 1230. The van der Waals surface area contributed by atoms with Crippen LogP contribution < -0.4 is 16.4 Å². The van der Waals surface area contributed by atoms with Crippen LogP contribution in [0.5, 0.6) is 0 Å². The number of anilines is 1. The molecule has 8 heteroatoms. The number of rotatable bonds is 6. The van der Waals surface area contributed by atoms with Crippen LogP contribution in [0.4, 0.5) is 5.82 Å². The number of hydrogen-bond acceptors (Lipinski definition) is 4. The van der Waals surface area contributed by atoms with Gasteiger partial charge >= 0.3 is 0 Å². The van der Waals surface area contributed by atoms with Crippen LogP contribution in [0.25, 0.3) is 22.0 Å². The summed E-state index contributed by atoms with van der Waals surface area (Å²) in [5, 5.41) is 13.4. The number of benzene rings is 3. The molecule has 0 spiro atoms. The standard InChI is InChI=1S/C23H20BrN5O2/c24-18-8-5-16(6-9-18)23(31)27-12-11-26-22(30)15-3-1-14(2-4-15)17-7-10-19-20(13-17)28-29-21(19)25/h1-10,13H,11-12H2,(H,26,30)(H,27,31)(H3,25,28,29). The van der Waals surface area contributed by atoms with Crippen LogP contribution in [-0.2, 0) is 0 Å². The Morgan fingerprint density at radius 1 is 0.839 bits per heavy atom. The first-order valence-corrected chi connectivity index (χ1v) is 10.5. The zero-order valence-corrected chi connectivity index (χ0v) is 18.1. The fourth-order valence-corrected chi connectivity index (χ4v) is 3.46. The number of hydrogen-bond donors (Lipinski definition) is 4. The van der Waals surface area contributed by atoms with E-state index in [0.29, 0.717) is 30.0 Å². The lowest BCUT2D eigenvalue weighted by molar-refractivity contribution is 0.0927. The number of nitrogens with two attached hydrogens (primary N) is 1. The molecule has 0 saturated heterocycles. The number of aromatic nitrogens is 2. The molecule has 5 N–H and O–H groups in total. The minimum absolute atomic E-state index is 0.179. The predicted octanol–water partition coefficient (Wildman–Crippen LogP) is 3.73. The van der Waals surface area contributed by atoms with Gasteiger partial charge in [0.05, 0.1) is 5.52 Å². The second-order valence-electron chi connectivity index (χ2n) is 6.97. The molecule has 0 fully saturated rings. The Balaban J connectivity index is 1.30. The Kier molecular flexibility index (Phi) is 5.99. The van der Waals surface area contributed by atoms with E-state index in [-0.39, 0.29) is 11.8 Å². The number of amides is 2. The summed E-state index contributed by atoms with van der Waals surface area (Å²) in [5.74, 6) is 0.102. The molecule has 31 heavy (non-hydrogen) atoms. The SMILES string of the molecule is Nc1n[nH]c2cc(-c3ccc(C(=O)NCCNC(=O)c4ccc(Br)cc4)cc3)ccc12. The second-order valence-corrected chi connectivity index (χ2v) is 7.88. The number of aromatic amines is 1. The minimum Gasteiger partial charge on any atom is -0.382 e. The van der Waals surface area contributed by atoms with E-state index < -0.39 is 0 Å². The molecule has 156 valence electrons. The molecule has 0 saturated carbocycles. The summed E-state index contributed by atoms with van der Waals surface area (Å²) < 4.78 is 0.911. The third kappa shape index (κ3) is 4.75. The quantitative estimate of drug-likeness (QED) is 0.316.